The van der Waals surface area contributed by atoms with Crippen LogP contribution in [0.25, 0.3) is 0 Å². The first-order valence-corrected chi connectivity index (χ1v) is 11.9. The highest BCUT2D eigenvalue weighted by Gasteiger charge is 2.66. The third-order valence-electron chi connectivity index (χ3n) is 10.3. The maximum absolute atomic E-state index is 11.5. The molecule has 29 heavy (non-hydrogen) atoms. The quantitative estimate of drug-likeness (QED) is 0.571. The third kappa shape index (κ3) is 3.18. The number of aliphatic carboxylic acids is 1. The lowest BCUT2D eigenvalue weighted by atomic mass is 9.43. The fourth-order valence-corrected chi connectivity index (χ4v) is 8.83. The molecule has 0 aromatic rings. The molecule has 4 fully saturated rings. The molecule has 0 radical (unpaired) electrons. The molecule has 0 bridgehead atoms. The molecule has 0 spiro atoms. The van der Waals surface area contributed by atoms with Crippen LogP contribution in [0.1, 0.15) is 78.6 Å². The van der Waals surface area contributed by atoms with Gasteiger partial charge in [-0.1, -0.05) is 20.8 Å². The summed E-state index contributed by atoms with van der Waals surface area (Å²) in [5, 5.41) is 42.2. The molecular formula is C24H40O5. The number of hydrogen-bond donors (Lipinski definition) is 4. The number of hydrogen-bond acceptors (Lipinski definition) is 4. The molecule has 0 aromatic carbocycles. The van der Waals surface area contributed by atoms with E-state index in [4.69, 9.17) is 5.11 Å². The molecular weight excluding hydrogens is 368 g/mol. The van der Waals surface area contributed by atoms with Crippen molar-refractivity contribution < 1.29 is 25.2 Å². The summed E-state index contributed by atoms with van der Waals surface area (Å²) in [7, 11) is 0. The average Bonchev–Trinajstić information content (AvgIpc) is 3.02. The number of fused-ring (bicyclic) bond motifs is 5. The van der Waals surface area contributed by atoms with Crippen LogP contribution in [0.4, 0.5) is 0 Å². The minimum atomic E-state index is -0.758. The Balaban J connectivity index is 1.62. The van der Waals surface area contributed by atoms with Crippen LogP contribution in [0.5, 0.6) is 0 Å². The van der Waals surface area contributed by atoms with Crippen molar-refractivity contribution in [2.24, 2.45) is 46.3 Å². The molecule has 4 saturated carbocycles. The first-order valence-electron chi connectivity index (χ1n) is 11.9. The van der Waals surface area contributed by atoms with Crippen molar-refractivity contribution in [3.05, 3.63) is 0 Å². The van der Waals surface area contributed by atoms with Gasteiger partial charge in [0.05, 0.1) is 18.3 Å². The maximum atomic E-state index is 11.5. The van der Waals surface area contributed by atoms with Crippen molar-refractivity contribution in [2.75, 3.05) is 0 Å². The summed E-state index contributed by atoms with van der Waals surface area (Å²) in [6.07, 6.45) is 5.98. The topological polar surface area (TPSA) is 98.0 Å². The molecule has 0 amide bonds. The molecule has 0 unspecified atom stereocenters. The van der Waals surface area contributed by atoms with Gasteiger partial charge in [-0.05, 0) is 92.3 Å². The van der Waals surface area contributed by atoms with Crippen molar-refractivity contribution in [1.29, 1.82) is 0 Å². The lowest BCUT2D eigenvalue weighted by molar-refractivity contribution is -0.231. The molecule has 4 rings (SSSR count). The van der Waals surface area contributed by atoms with Gasteiger partial charge >= 0.3 is 5.97 Å². The summed E-state index contributed by atoms with van der Waals surface area (Å²) in [5.41, 5.74) is -0.341. The second-order valence-electron chi connectivity index (χ2n) is 11.4. The minimum Gasteiger partial charge on any atom is -0.481 e. The zero-order valence-electron chi connectivity index (χ0n) is 18.3. The van der Waals surface area contributed by atoms with E-state index < -0.39 is 18.2 Å². The first-order chi connectivity index (χ1) is 13.6. The van der Waals surface area contributed by atoms with Crippen molar-refractivity contribution in [3.8, 4) is 0 Å². The molecule has 0 aromatic heterocycles. The van der Waals surface area contributed by atoms with Crippen LogP contribution in [0.15, 0.2) is 0 Å². The highest BCUT2D eigenvalue weighted by molar-refractivity contribution is 5.66. The van der Waals surface area contributed by atoms with Gasteiger partial charge in [0, 0.05) is 11.8 Å². The van der Waals surface area contributed by atoms with Crippen molar-refractivity contribution in [1.82, 2.24) is 0 Å². The number of aliphatic hydroxyl groups is 3. The molecule has 5 nitrogen and oxygen atoms in total. The van der Waals surface area contributed by atoms with Gasteiger partial charge in [0.2, 0.25) is 0 Å². The Labute approximate surface area is 174 Å². The van der Waals surface area contributed by atoms with E-state index in [-0.39, 0.29) is 41.1 Å². The van der Waals surface area contributed by atoms with Gasteiger partial charge in [-0.15, -0.1) is 0 Å². The van der Waals surface area contributed by atoms with Gasteiger partial charge in [-0.25, -0.2) is 0 Å². The molecule has 4 N–H and O–H groups in total. The summed E-state index contributed by atoms with van der Waals surface area (Å²) in [6, 6.07) is 0. The highest BCUT2D eigenvalue weighted by atomic mass is 16.4. The predicted octanol–water partition coefficient (Wildman–Crippen LogP) is 3.45. The van der Waals surface area contributed by atoms with Gasteiger partial charge in [0.1, 0.15) is 0 Å². The number of carbonyl (C=O) groups is 1. The standard InChI is InChI=1S/C24H40O5/c1-13(4-9-19(26)27)17-7-8-18-16-6-5-14-12-15(25)10-11-23(14,2)20(16)21(28)22(29)24(17,18)3/h13-18,20-22,25,28-29H,4-12H2,1-3H3,(H,26,27)/t13-,14-,15-,16+,17-,18+,20-,21+,22-,23+,24-/m1/s1. The Morgan fingerprint density at radius 1 is 1.07 bits per heavy atom. The molecule has 0 saturated heterocycles. The number of carboxylic acids is 1. The summed E-state index contributed by atoms with van der Waals surface area (Å²) in [5.74, 6) is 1.10. The van der Waals surface area contributed by atoms with E-state index in [1.165, 1.54) is 0 Å². The van der Waals surface area contributed by atoms with Crippen LogP contribution in [0.2, 0.25) is 0 Å². The summed E-state index contributed by atoms with van der Waals surface area (Å²) < 4.78 is 0. The van der Waals surface area contributed by atoms with Crippen LogP contribution < -0.4 is 0 Å². The fourth-order valence-electron chi connectivity index (χ4n) is 8.83. The second kappa shape index (κ2) is 7.49. The van der Waals surface area contributed by atoms with Crippen LogP contribution in [0.3, 0.4) is 0 Å². The maximum Gasteiger partial charge on any atom is 0.303 e. The van der Waals surface area contributed by atoms with Gasteiger partial charge < -0.3 is 20.4 Å². The Morgan fingerprint density at radius 3 is 2.48 bits per heavy atom. The van der Waals surface area contributed by atoms with Crippen molar-refractivity contribution in [3.63, 3.8) is 0 Å². The predicted molar refractivity (Wildman–Crippen MR) is 110 cm³/mol. The Kier molecular flexibility index (Phi) is 5.57. The van der Waals surface area contributed by atoms with Crippen LogP contribution in [-0.2, 0) is 4.79 Å². The molecule has 0 aliphatic heterocycles. The van der Waals surface area contributed by atoms with Crippen LogP contribution in [-0.4, -0.2) is 44.7 Å². The lowest BCUT2D eigenvalue weighted by Gasteiger charge is -2.64. The van der Waals surface area contributed by atoms with Crippen LogP contribution >= 0.6 is 0 Å². The summed E-state index contributed by atoms with van der Waals surface area (Å²) in [6.45, 7) is 6.61. The van der Waals surface area contributed by atoms with E-state index in [0.717, 1.165) is 44.9 Å². The molecule has 11 atom stereocenters. The summed E-state index contributed by atoms with van der Waals surface area (Å²) in [4.78, 5) is 11.1. The first kappa shape index (κ1) is 21.6. The Morgan fingerprint density at radius 2 is 1.79 bits per heavy atom. The number of carboxylic acid groups (broad SMARTS) is 1. The van der Waals surface area contributed by atoms with E-state index in [1.807, 2.05) is 0 Å². The second-order valence-corrected chi connectivity index (χ2v) is 11.4. The zero-order valence-corrected chi connectivity index (χ0v) is 18.3. The fraction of sp³-hybridized carbons (Fsp3) is 0.958. The Hall–Kier alpha value is -0.650. The molecule has 0 heterocycles. The highest BCUT2D eigenvalue weighted by Crippen LogP contribution is 2.68. The van der Waals surface area contributed by atoms with Gasteiger partial charge in [-0.2, -0.15) is 0 Å². The van der Waals surface area contributed by atoms with E-state index in [1.54, 1.807) is 0 Å². The number of aliphatic hydroxyl groups excluding tert-OH is 3. The molecule has 4 aliphatic carbocycles. The monoisotopic (exact) mass is 408 g/mol. The average molecular weight is 409 g/mol. The SMILES string of the molecule is C[C@H](CCC(=O)O)[C@H]1CC[C@H]2[C@@H]3CC[C@@H]4C[C@H](O)CC[C@]4(C)[C@H]3[C@H](O)[C@@H](O)[C@]12C. The Bertz CT molecular complexity index is 637. The van der Waals surface area contributed by atoms with E-state index >= 15 is 0 Å². The zero-order chi connectivity index (χ0) is 21.1. The summed E-state index contributed by atoms with van der Waals surface area (Å²) >= 11 is 0. The molecule has 4 aliphatic rings. The van der Waals surface area contributed by atoms with E-state index in [0.29, 0.717) is 24.2 Å². The minimum absolute atomic E-state index is 0.00309. The number of rotatable bonds is 4. The lowest BCUT2D eigenvalue weighted by Crippen LogP contribution is -2.65. The van der Waals surface area contributed by atoms with E-state index in [9.17, 15) is 20.1 Å². The van der Waals surface area contributed by atoms with Gasteiger partial charge in [0.15, 0.2) is 0 Å². The normalized spacial score (nSPS) is 52.9. The third-order valence-corrected chi connectivity index (χ3v) is 10.3. The van der Waals surface area contributed by atoms with Crippen molar-refractivity contribution >= 4 is 5.97 Å². The van der Waals surface area contributed by atoms with Gasteiger partial charge in [-0.3, -0.25) is 4.79 Å². The van der Waals surface area contributed by atoms with Gasteiger partial charge in [0.25, 0.3) is 0 Å². The van der Waals surface area contributed by atoms with Crippen LogP contribution in [0, 0.1) is 46.3 Å². The molecule has 5 heteroatoms. The molecule has 166 valence electrons. The van der Waals surface area contributed by atoms with E-state index in [2.05, 4.69) is 20.8 Å². The smallest absolute Gasteiger partial charge is 0.303 e. The van der Waals surface area contributed by atoms with Crippen molar-refractivity contribution in [2.45, 2.75) is 96.9 Å². The largest absolute Gasteiger partial charge is 0.481 e.